The second-order valence-corrected chi connectivity index (χ2v) is 29.1. The zero-order chi connectivity index (χ0) is 57.8. The average Bonchev–Trinajstić information content (AvgIpc) is 4.19. The minimum Gasteiger partial charge on any atom is -0.550 e. The predicted octanol–water partition coefficient (Wildman–Crippen LogP) is 9.81. The molecule has 8 aliphatic carbocycles. The summed E-state index contributed by atoms with van der Waals surface area (Å²) >= 11 is 4.30. The quantitative estimate of drug-likeness (QED) is 0.0622. The van der Waals surface area contributed by atoms with E-state index in [2.05, 4.69) is 82.8 Å². The van der Waals surface area contributed by atoms with Gasteiger partial charge in [-0.2, -0.15) is 0 Å². The molecule has 4 saturated heterocycles. The van der Waals surface area contributed by atoms with Crippen molar-refractivity contribution in [3.8, 4) is 0 Å². The van der Waals surface area contributed by atoms with Crippen LogP contribution in [0.5, 0.6) is 0 Å². The van der Waals surface area contributed by atoms with Crippen molar-refractivity contribution in [2.24, 2.45) is 92.2 Å². The Morgan fingerprint density at radius 2 is 1.24 bits per heavy atom. The van der Waals surface area contributed by atoms with Crippen LogP contribution in [0.25, 0.3) is 0 Å². The van der Waals surface area contributed by atoms with E-state index < -0.39 is 5.97 Å². The molecule has 13 rings (SSSR count). The van der Waals surface area contributed by atoms with Gasteiger partial charge < -0.3 is 50.0 Å². The minimum atomic E-state index is -1.08. The maximum absolute atomic E-state index is 13.5. The number of fused-ring (bicyclic) bond motifs is 12. The number of piperidine rings is 2. The number of hydrogen-bond donors (Lipinski definition) is 5. The molecule has 20 atom stereocenters. The van der Waals surface area contributed by atoms with Gasteiger partial charge in [0.25, 0.3) is 0 Å². The van der Waals surface area contributed by atoms with Gasteiger partial charge in [-0.05, 0) is 231 Å². The van der Waals surface area contributed by atoms with Crippen LogP contribution in [0.1, 0.15) is 196 Å². The number of halogens is 1. The summed E-state index contributed by atoms with van der Waals surface area (Å²) in [6.45, 7) is 22.6. The van der Waals surface area contributed by atoms with Gasteiger partial charge in [0, 0.05) is 42.2 Å². The van der Waals surface area contributed by atoms with Crippen LogP contribution < -0.4 is 45.0 Å². The van der Waals surface area contributed by atoms with Crippen LogP contribution in [-0.4, -0.2) is 92.6 Å². The first-order valence-corrected chi connectivity index (χ1v) is 32.1. The number of carbonyl (C=O) groups is 2. The first-order valence-electron chi connectivity index (χ1n) is 31.7. The summed E-state index contributed by atoms with van der Waals surface area (Å²) in [5, 5.41) is 45.9. The molecule has 0 unspecified atom stereocenters. The van der Waals surface area contributed by atoms with E-state index in [1.807, 2.05) is 40.8 Å². The Bertz CT molecular complexity index is 2560. The van der Waals surface area contributed by atoms with Gasteiger partial charge in [0.05, 0.1) is 40.9 Å². The molecule has 0 bridgehead atoms. The van der Waals surface area contributed by atoms with Crippen molar-refractivity contribution in [1.82, 2.24) is 15.2 Å². The van der Waals surface area contributed by atoms with Gasteiger partial charge in [-0.3, -0.25) is 0 Å². The average molecular weight is 1160 g/mol. The number of allylic oxidation sites excluding steroid dienone is 2. The second kappa shape index (κ2) is 26.0. The number of carboxylic acids is 1. The van der Waals surface area contributed by atoms with Gasteiger partial charge in [-0.25, -0.2) is 4.79 Å². The van der Waals surface area contributed by atoms with E-state index in [-0.39, 0.29) is 64.9 Å². The summed E-state index contributed by atoms with van der Waals surface area (Å²) < 4.78 is 20.1. The topological polar surface area (TPSA) is 198 Å². The maximum atomic E-state index is 13.5. The normalized spacial score (nSPS) is 44.2. The van der Waals surface area contributed by atoms with Crippen LogP contribution >= 0.6 is 11.8 Å². The summed E-state index contributed by atoms with van der Waals surface area (Å²) in [6.07, 6.45) is 23.7. The summed E-state index contributed by atoms with van der Waals surface area (Å²) in [5.41, 5.74) is 10.5. The van der Waals surface area contributed by atoms with Crippen molar-refractivity contribution >= 4 is 35.3 Å². The van der Waals surface area contributed by atoms with Crippen LogP contribution in [0.4, 0.5) is 4.79 Å². The number of benzene rings is 1. The minimum absolute atomic E-state index is 0. The maximum Gasteiger partial charge on any atom is 1.00 e. The van der Waals surface area contributed by atoms with Gasteiger partial charge in [-0.15, -0.1) is 5.00 Å². The number of amides is 1. The van der Waals surface area contributed by atoms with E-state index in [1.54, 1.807) is 16.7 Å². The van der Waals surface area contributed by atoms with Crippen molar-refractivity contribution in [1.29, 1.82) is 0 Å². The fraction of sp³-hybridized carbons (Fsp3) is 0.788. The van der Waals surface area contributed by atoms with Crippen LogP contribution in [0.15, 0.2) is 62.9 Å². The first-order chi connectivity index (χ1) is 38.7. The van der Waals surface area contributed by atoms with Crippen LogP contribution in [0.2, 0.25) is 0 Å². The number of likely N-dealkylation sites (tertiary alicyclic amines) is 1. The molecule has 16 heteroatoms. The molecule has 450 valence electrons. The zero-order valence-electron chi connectivity index (χ0n) is 51.4. The molecule has 14 nitrogen and oxygen atoms in total. The van der Waals surface area contributed by atoms with E-state index >= 15 is 0 Å². The second-order valence-electron chi connectivity index (χ2n) is 28.9. The molecular weight excluding hydrogens is 1070 g/mol. The molecule has 10 fully saturated rings. The van der Waals surface area contributed by atoms with E-state index in [1.165, 1.54) is 82.0 Å². The third kappa shape index (κ3) is 12.1. The molecule has 4 heterocycles. The molecule has 2 spiro atoms. The third-order valence-corrected chi connectivity index (χ3v) is 24.8. The number of oxime groups is 2. The van der Waals surface area contributed by atoms with Crippen molar-refractivity contribution in [3.63, 3.8) is 0 Å². The molecular formula is C66H99ClN5NaO9. The summed E-state index contributed by atoms with van der Waals surface area (Å²) in [6, 6.07) is 10.6. The fourth-order valence-corrected chi connectivity index (χ4v) is 20.7. The zero-order valence-corrected chi connectivity index (χ0v) is 54.2. The van der Waals surface area contributed by atoms with Gasteiger partial charge in [0.2, 0.25) is 0 Å². The number of hydrogen-bond acceptors (Lipinski definition) is 13. The molecule has 82 heavy (non-hydrogen) atoms. The van der Waals surface area contributed by atoms with Crippen molar-refractivity contribution in [2.75, 3.05) is 13.1 Å². The summed E-state index contributed by atoms with van der Waals surface area (Å²) in [5.74, 6) is 6.95. The molecule has 1 aromatic rings. The number of carbonyl (C=O) groups excluding carboxylic acids is 2. The van der Waals surface area contributed by atoms with Crippen LogP contribution in [0.3, 0.4) is 0 Å². The number of aliphatic carboxylic acids is 1. The van der Waals surface area contributed by atoms with Gasteiger partial charge in [0.15, 0.2) is 0 Å². The Hall–Kier alpha value is -2.53. The van der Waals surface area contributed by atoms with Crippen molar-refractivity contribution < 1.29 is 74.1 Å². The Labute approximate surface area is 517 Å². The molecule has 6 saturated carbocycles. The SMILES string of the molecule is CC(=O)[O-].CC1=C2C[C@H]3[C@@H](CC[C@@H]4CC(=NO)CC[C@@]43C)[C@@H]2CC[C@@]2(C1)O[C@@H]1C[C@H](C)CN(C(=O)OCc3ccccc3)[C@H]1[C@H]2C.CC1=C2C[C@H]3[C@@H](CC[C@@H]4CC(=NO)CC[C@@]43C)[C@@H]2CC[C@@]2(C1)O[C@@H]1C[C@H](C)CN[C@H]1[C@H]2C.ONCl.[Na+]. The van der Waals surface area contributed by atoms with Gasteiger partial charge in [-0.1, -0.05) is 104 Å². The Balaban J connectivity index is 0.000000180. The number of rotatable bonds is 2. The smallest absolute Gasteiger partial charge is 0.550 e. The molecule has 1 aromatic carbocycles. The van der Waals surface area contributed by atoms with Gasteiger partial charge >= 0.3 is 35.7 Å². The standard InChI is InChI=1S/C36H50N2O4.C28H44N2O2.C2H4O2.ClH2NO.Na/c1-22-16-32-33(38(20-22)34(39)41-21-25-8-6-5-7-9-25)24(3)36(42-32)15-13-28-29-11-10-26-17-27(37-40)12-14-35(26,4)31(29)18-30(28)23(2)19-36;1-16-11-25-26(29-15-16)18(3)28(32-25)10-8-21-22-6-5-19-12-20(30-31)7-9-27(19,4)24(22)13-23(21)17(2)14-28;1-2(3)4;1-2-3;/h5-9,22,24,26,28-29,31-33,40H,10-21H2,1-4H3;16,18-19,21-22,24-26,29,31H,5-15H2,1-4H3;1H3,(H,3,4);2-3H;/q;;;;+1/p-1/t22-,24+,26+,28-,29-,31-,32+,33-,35-,36-;16-,18+,19+,21-,22-,24-,25+,26-,27-,28-;;;/m00.../s1. The monoisotopic (exact) mass is 1160 g/mol. The fourth-order valence-electron chi connectivity index (χ4n) is 20.7. The summed E-state index contributed by atoms with van der Waals surface area (Å²) in [4.78, 5) is 25.7. The molecule has 4 aliphatic heterocycles. The Morgan fingerprint density at radius 3 is 1.76 bits per heavy atom. The molecule has 12 aliphatic rings. The number of nitrogens with zero attached hydrogens (tertiary/aromatic N) is 3. The predicted molar refractivity (Wildman–Crippen MR) is 313 cm³/mol. The van der Waals surface area contributed by atoms with E-state index in [4.69, 9.17) is 29.3 Å². The number of ether oxygens (including phenoxy) is 3. The third-order valence-electron chi connectivity index (χ3n) is 24.8. The Morgan fingerprint density at radius 1 is 0.756 bits per heavy atom. The molecule has 0 radical (unpaired) electrons. The van der Waals surface area contributed by atoms with Crippen molar-refractivity contribution in [2.45, 2.75) is 233 Å². The number of nitrogens with one attached hydrogen (secondary N) is 2. The Kier molecular flexibility index (Phi) is 20.3. The first kappa shape index (κ1) is 64.0. The largest absolute Gasteiger partial charge is 1.00 e. The van der Waals surface area contributed by atoms with Crippen molar-refractivity contribution in [3.05, 3.63) is 58.2 Å². The van der Waals surface area contributed by atoms with E-state index in [0.29, 0.717) is 59.2 Å². The van der Waals surface area contributed by atoms with E-state index in [0.717, 1.165) is 124 Å². The summed E-state index contributed by atoms with van der Waals surface area (Å²) in [7, 11) is 0. The number of carboxylic acid groups (broad SMARTS) is 1. The molecule has 5 N–H and O–H groups in total. The molecule has 1 amide bonds. The van der Waals surface area contributed by atoms with Crippen LogP contribution in [-0.2, 0) is 25.6 Å². The van der Waals surface area contributed by atoms with Crippen LogP contribution in [0, 0.1) is 81.8 Å². The molecule has 0 aromatic heterocycles. The van der Waals surface area contributed by atoms with Gasteiger partial charge in [0.1, 0.15) is 6.61 Å². The van der Waals surface area contributed by atoms with E-state index in [9.17, 15) is 15.2 Å².